The van der Waals surface area contributed by atoms with Crippen LogP contribution in [0.15, 0.2) is 76.2 Å². The van der Waals surface area contributed by atoms with Gasteiger partial charge in [-0.2, -0.15) is 4.98 Å². The monoisotopic (exact) mass is 433 g/mol. The van der Waals surface area contributed by atoms with E-state index in [0.29, 0.717) is 17.1 Å². The van der Waals surface area contributed by atoms with Crippen LogP contribution >= 0.6 is 0 Å². The number of aromatic nitrogens is 5. The number of fused-ring (bicyclic) bond motifs is 1. The summed E-state index contributed by atoms with van der Waals surface area (Å²) in [4.78, 5) is 16.7. The number of aliphatic hydroxyl groups is 1. The van der Waals surface area contributed by atoms with Crippen molar-refractivity contribution in [3.8, 4) is 22.6 Å². The van der Waals surface area contributed by atoms with Crippen molar-refractivity contribution in [1.82, 2.24) is 24.3 Å². The van der Waals surface area contributed by atoms with Crippen LogP contribution in [0, 0.1) is 5.82 Å². The van der Waals surface area contributed by atoms with Crippen LogP contribution in [0.5, 0.6) is 11.5 Å². The van der Waals surface area contributed by atoms with Crippen LogP contribution in [0.2, 0.25) is 0 Å². The third-order valence-corrected chi connectivity index (χ3v) is 4.76. The van der Waals surface area contributed by atoms with Crippen LogP contribution in [-0.2, 0) is 13.2 Å². The fraction of sp³-hybridized carbons (Fsp3) is 0.0909. The van der Waals surface area contributed by atoms with Crippen molar-refractivity contribution in [2.45, 2.75) is 13.2 Å². The van der Waals surface area contributed by atoms with Crippen molar-refractivity contribution in [3.05, 3.63) is 94.9 Å². The molecule has 0 atom stereocenters. The Labute approximate surface area is 179 Å². The molecular formula is C22H16FN5O4. The third-order valence-electron chi connectivity index (χ3n) is 4.76. The molecule has 0 amide bonds. The van der Waals surface area contributed by atoms with Gasteiger partial charge in [-0.3, -0.25) is 0 Å². The Hall–Kier alpha value is -4.31. The lowest BCUT2D eigenvalue weighted by molar-refractivity contribution is 0.222. The first kappa shape index (κ1) is 19.6. The number of halogens is 1. The summed E-state index contributed by atoms with van der Waals surface area (Å²) in [7, 11) is 0. The van der Waals surface area contributed by atoms with Crippen LogP contribution < -0.4 is 10.4 Å². The summed E-state index contributed by atoms with van der Waals surface area (Å²) < 4.78 is 26.3. The lowest BCUT2D eigenvalue weighted by Crippen LogP contribution is -2.22. The van der Waals surface area contributed by atoms with Crippen LogP contribution in [0.3, 0.4) is 0 Å². The van der Waals surface area contributed by atoms with Gasteiger partial charge >= 0.3 is 5.69 Å². The molecule has 10 heteroatoms. The second-order valence-corrected chi connectivity index (χ2v) is 6.90. The van der Waals surface area contributed by atoms with Gasteiger partial charge in [0.05, 0.1) is 0 Å². The molecule has 3 heterocycles. The van der Waals surface area contributed by atoms with E-state index in [1.54, 1.807) is 36.5 Å². The van der Waals surface area contributed by atoms with E-state index < -0.39 is 0 Å². The molecule has 0 bridgehead atoms. The minimum atomic E-state index is -0.377. The number of aliphatic hydroxyl groups excluding tert-OH is 1. The summed E-state index contributed by atoms with van der Waals surface area (Å²) in [6.45, 7) is -0.369. The van der Waals surface area contributed by atoms with Crippen molar-refractivity contribution in [1.29, 1.82) is 0 Å². The Morgan fingerprint density at radius 1 is 1.03 bits per heavy atom. The maximum absolute atomic E-state index is 13.1. The molecule has 0 radical (unpaired) electrons. The average Bonchev–Trinajstić information content (AvgIpc) is 3.40. The number of rotatable bonds is 6. The van der Waals surface area contributed by atoms with Gasteiger partial charge in [-0.25, -0.2) is 18.3 Å². The van der Waals surface area contributed by atoms with Gasteiger partial charge in [0.1, 0.15) is 30.5 Å². The van der Waals surface area contributed by atoms with Crippen molar-refractivity contribution in [3.63, 3.8) is 0 Å². The Bertz CT molecular complexity index is 1440. The number of benzene rings is 2. The standard InChI is InChI=1S/C22H16FN5O4/c23-15-5-9-17(10-6-15)31-16-7-3-14(4-8-16)18-2-1-11-27-21(18)25-28(22(27)30)12-19-24-20(13-29)32-26-19/h1-11,29H,12-13H2. The molecule has 5 aromatic rings. The van der Waals surface area contributed by atoms with E-state index >= 15 is 0 Å². The number of nitrogens with zero attached hydrogens (tertiary/aromatic N) is 5. The van der Waals surface area contributed by atoms with Gasteiger partial charge in [-0.15, -0.1) is 5.10 Å². The minimum Gasteiger partial charge on any atom is -0.457 e. The summed E-state index contributed by atoms with van der Waals surface area (Å²) >= 11 is 0. The van der Waals surface area contributed by atoms with Gasteiger partial charge in [0.15, 0.2) is 11.5 Å². The fourth-order valence-corrected chi connectivity index (χ4v) is 3.26. The predicted molar refractivity (Wildman–Crippen MR) is 111 cm³/mol. The van der Waals surface area contributed by atoms with Crippen LogP contribution in [0.25, 0.3) is 16.8 Å². The Kier molecular flexibility index (Phi) is 4.96. The van der Waals surface area contributed by atoms with Gasteiger partial charge in [0.25, 0.3) is 5.89 Å². The summed E-state index contributed by atoms with van der Waals surface area (Å²) in [6.07, 6.45) is 1.63. The van der Waals surface area contributed by atoms with Crippen molar-refractivity contribution >= 4 is 5.65 Å². The molecule has 2 aromatic carbocycles. The molecule has 1 N–H and O–H groups in total. The van der Waals surface area contributed by atoms with E-state index in [1.807, 2.05) is 18.2 Å². The van der Waals surface area contributed by atoms with Gasteiger partial charge in [-0.1, -0.05) is 17.3 Å². The maximum Gasteiger partial charge on any atom is 0.350 e. The zero-order valence-electron chi connectivity index (χ0n) is 16.6. The second-order valence-electron chi connectivity index (χ2n) is 6.90. The molecule has 160 valence electrons. The zero-order chi connectivity index (χ0) is 22.1. The predicted octanol–water partition coefficient (Wildman–Crippen LogP) is 3.02. The third kappa shape index (κ3) is 3.74. The molecule has 0 fully saturated rings. The van der Waals surface area contributed by atoms with E-state index in [4.69, 9.17) is 14.4 Å². The maximum atomic E-state index is 13.1. The van der Waals surface area contributed by atoms with Crippen LogP contribution in [0.1, 0.15) is 11.7 Å². The Balaban J connectivity index is 1.44. The van der Waals surface area contributed by atoms with Crippen molar-refractivity contribution in [2.75, 3.05) is 0 Å². The summed E-state index contributed by atoms with van der Waals surface area (Å²) in [5.41, 5.74) is 1.70. The average molecular weight is 433 g/mol. The number of hydrogen-bond acceptors (Lipinski definition) is 7. The normalized spacial score (nSPS) is 11.2. The van der Waals surface area contributed by atoms with Gasteiger partial charge < -0.3 is 14.4 Å². The Morgan fingerprint density at radius 2 is 1.75 bits per heavy atom. The molecule has 0 aliphatic carbocycles. The van der Waals surface area contributed by atoms with Gasteiger partial charge in [0, 0.05) is 11.8 Å². The highest BCUT2D eigenvalue weighted by Gasteiger charge is 2.15. The van der Waals surface area contributed by atoms with E-state index in [9.17, 15) is 9.18 Å². The van der Waals surface area contributed by atoms with Gasteiger partial charge in [0.2, 0.25) is 0 Å². The molecular weight excluding hydrogens is 417 g/mol. The molecule has 5 rings (SSSR count). The SMILES string of the molecule is O=c1n(Cc2noc(CO)n2)nc2c(-c3ccc(Oc4ccc(F)cc4)cc3)cccn12. The summed E-state index contributed by atoms with van der Waals surface area (Å²) in [5.74, 6) is 1.09. The van der Waals surface area contributed by atoms with Crippen LogP contribution in [0.4, 0.5) is 4.39 Å². The topological polar surface area (TPSA) is 108 Å². The van der Waals surface area contributed by atoms with E-state index in [-0.39, 0.29) is 36.4 Å². The Morgan fingerprint density at radius 3 is 2.44 bits per heavy atom. The smallest absolute Gasteiger partial charge is 0.350 e. The molecule has 32 heavy (non-hydrogen) atoms. The minimum absolute atomic E-state index is 0.00784. The molecule has 0 aliphatic heterocycles. The van der Waals surface area contributed by atoms with Crippen molar-refractivity contribution < 1.29 is 18.8 Å². The summed E-state index contributed by atoms with van der Waals surface area (Å²) in [6, 6.07) is 16.7. The van der Waals surface area contributed by atoms with E-state index in [2.05, 4.69) is 15.2 Å². The summed E-state index contributed by atoms with van der Waals surface area (Å²) in [5, 5.41) is 17.2. The highest BCUT2D eigenvalue weighted by Crippen LogP contribution is 2.27. The highest BCUT2D eigenvalue weighted by molar-refractivity contribution is 5.77. The molecule has 0 unspecified atom stereocenters. The number of hydrogen-bond donors (Lipinski definition) is 1. The molecule has 0 aliphatic rings. The van der Waals surface area contributed by atoms with E-state index in [0.717, 1.165) is 11.1 Å². The molecule has 3 aromatic heterocycles. The van der Waals surface area contributed by atoms with Crippen molar-refractivity contribution in [2.24, 2.45) is 0 Å². The lowest BCUT2D eigenvalue weighted by Gasteiger charge is -2.07. The lowest BCUT2D eigenvalue weighted by atomic mass is 10.1. The van der Waals surface area contributed by atoms with E-state index in [1.165, 1.54) is 21.2 Å². The molecule has 0 saturated carbocycles. The van der Waals surface area contributed by atoms with Gasteiger partial charge in [-0.05, 0) is 54.1 Å². The first-order chi connectivity index (χ1) is 15.6. The highest BCUT2D eigenvalue weighted by atomic mass is 19.1. The molecule has 0 spiro atoms. The first-order valence-corrected chi connectivity index (χ1v) is 9.65. The quantitative estimate of drug-likeness (QED) is 0.439. The second kappa shape index (κ2) is 8.08. The molecule has 9 nitrogen and oxygen atoms in total. The largest absolute Gasteiger partial charge is 0.457 e. The number of ether oxygens (including phenoxy) is 1. The number of pyridine rings is 1. The first-order valence-electron chi connectivity index (χ1n) is 9.65. The van der Waals surface area contributed by atoms with Crippen LogP contribution in [-0.4, -0.2) is 29.4 Å². The fourth-order valence-electron chi connectivity index (χ4n) is 3.26. The molecule has 0 saturated heterocycles. The zero-order valence-corrected chi connectivity index (χ0v) is 16.6.